The molecule has 0 radical (unpaired) electrons. The summed E-state index contributed by atoms with van der Waals surface area (Å²) in [6.45, 7) is -0.0113. The van der Waals surface area contributed by atoms with Crippen LogP contribution in [0.1, 0.15) is 37.2 Å². The third-order valence-corrected chi connectivity index (χ3v) is 4.56. The molecule has 0 spiro atoms. The average molecular weight is 322 g/mol. The highest BCUT2D eigenvalue weighted by molar-refractivity contribution is 5.95. The number of primary amides is 1. The maximum Gasteiger partial charge on any atom is 0.415 e. The fraction of sp³-hybridized carbons (Fsp3) is 0.500. The molecule has 2 amide bonds. The molecule has 1 aliphatic heterocycles. The van der Waals surface area contributed by atoms with Crippen molar-refractivity contribution in [1.82, 2.24) is 0 Å². The zero-order chi connectivity index (χ0) is 16.6. The minimum atomic E-state index is -1.01. The zero-order valence-corrected chi connectivity index (χ0v) is 12.6. The predicted octanol–water partition coefficient (Wildman–Crippen LogP) is 1.65. The van der Waals surface area contributed by atoms with Crippen LogP contribution in [0.25, 0.3) is 0 Å². The van der Waals surface area contributed by atoms with Gasteiger partial charge >= 0.3 is 6.09 Å². The van der Waals surface area contributed by atoms with Gasteiger partial charge in [-0.3, -0.25) is 9.69 Å². The van der Waals surface area contributed by atoms with E-state index in [1.54, 1.807) is 12.1 Å². The highest BCUT2D eigenvalue weighted by atomic mass is 19.1. The maximum absolute atomic E-state index is 14.4. The lowest BCUT2D eigenvalue weighted by Gasteiger charge is -2.26. The number of hydrogen-bond donors (Lipinski definition) is 2. The number of ether oxygens (including phenoxy) is 1. The van der Waals surface area contributed by atoms with Crippen LogP contribution in [-0.4, -0.2) is 35.9 Å². The van der Waals surface area contributed by atoms with Crippen LogP contribution in [0.2, 0.25) is 0 Å². The van der Waals surface area contributed by atoms with E-state index < -0.39 is 18.1 Å². The Morgan fingerprint density at radius 3 is 2.57 bits per heavy atom. The van der Waals surface area contributed by atoms with E-state index in [0.717, 1.165) is 12.8 Å². The summed E-state index contributed by atoms with van der Waals surface area (Å²) in [6, 6.07) is 4.59. The number of anilines is 1. The van der Waals surface area contributed by atoms with Gasteiger partial charge in [0, 0.05) is 0 Å². The zero-order valence-electron chi connectivity index (χ0n) is 12.6. The first kappa shape index (κ1) is 15.7. The minimum absolute atomic E-state index is 0.0113. The van der Waals surface area contributed by atoms with Crippen LogP contribution < -0.4 is 10.6 Å². The van der Waals surface area contributed by atoms with Crippen molar-refractivity contribution in [2.45, 2.75) is 43.8 Å². The molecule has 1 aliphatic carbocycles. The summed E-state index contributed by atoms with van der Waals surface area (Å²) < 4.78 is 19.3. The molecule has 124 valence electrons. The predicted molar refractivity (Wildman–Crippen MR) is 80.4 cm³/mol. The number of amides is 2. The molecule has 7 heteroatoms. The number of cyclic esters (lactones) is 1. The Balaban J connectivity index is 1.77. The number of halogens is 1. The highest BCUT2D eigenvalue weighted by Crippen LogP contribution is 2.35. The highest BCUT2D eigenvalue weighted by Gasteiger charge is 2.36. The fourth-order valence-corrected chi connectivity index (χ4v) is 3.22. The number of benzene rings is 1. The largest absolute Gasteiger partial charge is 0.434 e. The summed E-state index contributed by atoms with van der Waals surface area (Å²) in [5.41, 5.74) is 6.07. The molecule has 2 aliphatic rings. The van der Waals surface area contributed by atoms with Gasteiger partial charge < -0.3 is 15.6 Å². The lowest BCUT2D eigenvalue weighted by Crippen LogP contribution is -2.32. The van der Waals surface area contributed by atoms with Crippen molar-refractivity contribution in [2.24, 2.45) is 5.73 Å². The molecule has 1 aromatic carbocycles. The van der Waals surface area contributed by atoms with Gasteiger partial charge in [0.15, 0.2) is 6.10 Å². The maximum atomic E-state index is 14.4. The molecule has 2 fully saturated rings. The smallest absolute Gasteiger partial charge is 0.415 e. The molecule has 6 nitrogen and oxygen atoms in total. The third kappa shape index (κ3) is 3.14. The number of rotatable bonds is 3. The fourth-order valence-electron chi connectivity index (χ4n) is 3.22. The van der Waals surface area contributed by atoms with E-state index in [9.17, 15) is 19.1 Å². The normalized spacial score (nSPS) is 27.8. The standard InChI is InChI=1S/C16H19FN2O4/c17-13-7-10(19-8-14(15(18)21)23-16(19)22)3-6-12(13)9-1-4-11(20)5-2-9/h3,6-7,9,11,14,20H,1-2,4-5,8H2,(H2,18,21)/t9?,11?,14-/m1/s1. The molecular weight excluding hydrogens is 303 g/mol. The van der Waals surface area contributed by atoms with Crippen molar-refractivity contribution in [2.75, 3.05) is 11.4 Å². The molecule has 0 unspecified atom stereocenters. The van der Waals surface area contributed by atoms with Gasteiger partial charge in [-0.05, 0) is 49.3 Å². The van der Waals surface area contributed by atoms with Crippen molar-refractivity contribution in [3.8, 4) is 0 Å². The lowest BCUT2D eigenvalue weighted by molar-refractivity contribution is -0.124. The van der Waals surface area contributed by atoms with E-state index in [4.69, 9.17) is 10.5 Å². The molecule has 1 heterocycles. The van der Waals surface area contributed by atoms with E-state index >= 15 is 0 Å². The van der Waals surface area contributed by atoms with E-state index in [-0.39, 0.29) is 24.4 Å². The number of carbonyl (C=O) groups excluding carboxylic acids is 2. The van der Waals surface area contributed by atoms with Crippen molar-refractivity contribution < 1.29 is 23.8 Å². The Kier molecular flexibility index (Phi) is 4.21. The van der Waals surface area contributed by atoms with Gasteiger partial charge in [-0.1, -0.05) is 6.07 Å². The van der Waals surface area contributed by atoms with Gasteiger partial charge in [0.25, 0.3) is 5.91 Å². The molecule has 1 aromatic rings. The average Bonchev–Trinajstić information content (AvgIpc) is 2.90. The molecule has 3 rings (SSSR count). The van der Waals surface area contributed by atoms with E-state index in [0.29, 0.717) is 24.1 Å². The monoisotopic (exact) mass is 322 g/mol. The summed E-state index contributed by atoms with van der Waals surface area (Å²) in [4.78, 5) is 24.1. The lowest BCUT2D eigenvalue weighted by atomic mass is 9.82. The second kappa shape index (κ2) is 6.16. The first-order valence-corrected chi connectivity index (χ1v) is 7.70. The van der Waals surface area contributed by atoms with E-state index in [1.165, 1.54) is 11.0 Å². The Bertz CT molecular complexity index is 629. The van der Waals surface area contributed by atoms with Crippen molar-refractivity contribution in [3.05, 3.63) is 29.6 Å². The second-order valence-corrected chi connectivity index (χ2v) is 6.10. The Labute approximate surface area is 133 Å². The number of aliphatic hydroxyl groups excluding tert-OH is 1. The number of nitrogens with two attached hydrogens (primary N) is 1. The van der Waals surface area contributed by atoms with Crippen LogP contribution in [0.3, 0.4) is 0 Å². The molecular formula is C16H19FN2O4. The number of carbonyl (C=O) groups is 2. The van der Waals surface area contributed by atoms with Gasteiger partial charge in [-0.25, -0.2) is 9.18 Å². The quantitative estimate of drug-likeness (QED) is 0.885. The number of hydrogen-bond acceptors (Lipinski definition) is 4. The third-order valence-electron chi connectivity index (χ3n) is 4.56. The molecule has 3 N–H and O–H groups in total. The molecule has 1 atom stereocenters. The number of aliphatic hydroxyl groups is 1. The minimum Gasteiger partial charge on any atom is -0.434 e. The van der Waals surface area contributed by atoms with Crippen LogP contribution >= 0.6 is 0 Å². The van der Waals surface area contributed by atoms with Crippen LogP contribution in [0, 0.1) is 5.82 Å². The SMILES string of the molecule is NC(=O)[C@H]1CN(c2ccc(C3CCC(O)CC3)c(F)c2)C(=O)O1. The molecule has 1 saturated heterocycles. The van der Waals surface area contributed by atoms with Crippen LogP contribution in [0.5, 0.6) is 0 Å². The Morgan fingerprint density at radius 2 is 2.00 bits per heavy atom. The second-order valence-electron chi connectivity index (χ2n) is 6.10. The molecule has 0 bridgehead atoms. The Morgan fingerprint density at radius 1 is 1.30 bits per heavy atom. The van der Waals surface area contributed by atoms with Gasteiger partial charge in [0.1, 0.15) is 5.82 Å². The topological polar surface area (TPSA) is 92.9 Å². The number of nitrogens with zero attached hydrogens (tertiary/aromatic N) is 1. The van der Waals surface area contributed by atoms with Gasteiger partial charge in [0.2, 0.25) is 0 Å². The van der Waals surface area contributed by atoms with Gasteiger partial charge in [0.05, 0.1) is 18.3 Å². The van der Waals surface area contributed by atoms with Gasteiger partial charge in [-0.2, -0.15) is 0 Å². The van der Waals surface area contributed by atoms with Crippen LogP contribution in [0.4, 0.5) is 14.9 Å². The Hall–Kier alpha value is -2.15. The van der Waals surface area contributed by atoms with Crippen molar-refractivity contribution in [1.29, 1.82) is 0 Å². The van der Waals surface area contributed by atoms with Gasteiger partial charge in [-0.15, -0.1) is 0 Å². The molecule has 1 saturated carbocycles. The molecule has 0 aromatic heterocycles. The first-order chi connectivity index (χ1) is 11.0. The van der Waals surface area contributed by atoms with E-state index in [2.05, 4.69) is 0 Å². The summed E-state index contributed by atoms with van der Waals surface area (Å²) in [7, 11) is 0. The van der Waals surface area contributed by atoms with E-state index in [1.807, 2.05) is 0 Å². The van der Waals surface area contributed by atoms with Crippen molar-refractivity contribution >= 4 is 17.7 Å². The summed E-state index contributed by atoms with van der Waals surface area (Å²) in [6.07, 6.45) is 0.820. The summed E-state index contributed by atoms with van der Waals surface area (Å²) >= 11 is 0. The molecule has 23 heavy (non-hydrogen) atoms. The van der Waals surface area contributed by atoms with Crippen molar-refractivity contribution in [3.63, 3.8) is 0 Å². The summed E-state index contributed by atoms with van der Waals surface area (Å²) in [5.74, 6) is -1.03. The first-order valence-electron chi connectivity index (χ1n) is 7.70. The van der Waals surface area contributed by atoms with Crippen LogP contribution in [-0.2, 0) is 9.53 Å². The van der Waals surface area contributed by atoms with Crippen LogP contribution in [0.15, 0.2) is 18.2 Å². The summed E-state index contributed by atoms with van der Waals surface area (Å²) in [5, 5.41) is 9.54.